The van der Waals surface area contributed by atoms with Crippen LogP contribution in [0.4, 0.5) is 4.79 Å². The minimum atomic E-state index is -0.431. The molecule has 0 aromatic heterocycles. The lowest BCUT2D eigenvalue weighted by Gasteiger charge is -2.22. The molecule has 0 radical (unpaired) electrons. The van der Waals surface area contributed by atoms with Gasteiger partial charge in [0.25, 0.3) is 0 Å². The van der Waals surface area contributed by atoms with Crippen LogP contribution < -0.4 is 5.32 Å². The van der Waals surface area contributed by atoms with Crippen LogP contribution in [0, 0.1) is 5.92 Å². The lowest BCUT2D eigenvalue weighted by Crippen LogP contribution is -2.39. The van der Waals surface area contributed by atoms with E-state index in [2.05, 4.69) is 11.9 Å². The van der Waals surface area contributed by atoms with Crippen molar-refractivity contribution >= 4 is 6.09 Å². The van der Waals surface area contributed by atoms with Crippen LogP contribution in [0.25, 0.3) is 0 Å². The molecule has 0 heterocycles. The third kappa shape index (κ3) is 3.81. The summed E-state index contributed by atoms with van der Waals surface area (Å²) in [5.74, 6) is 0.569. The normalized spacial score (nSPS) is 18.5. The van der Waals surface area contributed by atoms with Gasteiger partial charge in [-0.1, -0.05) is 6.08 Å². The quantitative estimate of drug-likeness (QED) is 0.706. The molecule has 0 saturated heterocycles. The van der Waals surface area contributed by atoms with Gasteiger partial charge < -0.3 is 10.1 Å². The van der Waals surface area contributed by atoms with Crippen molar-refractivity contribution in [3.05, 3.63) is 12.7 Å². The molecule has 1 N–H and O–H groups in total. The van der Waals surface area contributed by atoms with Gasteiger partial charge >= 0.3 is 6.09 Å². The summed E-state index contributed by atoms with van der Waals surface area (Å²) in [7, 11) is 0. The van der Waals surface area contributed by atoms with E-state index in [1.165, 1.54) is 12.8 Å². The van der Waals surface area contributed by atoms with Crippen LogP contribution in [-0.2, 0) is 4.74 Å². The molecular weight excluding hydrogens is 178 g/mol. The van der Waals surface area contributed by atoms with Crippen molar-refractivity contribution in [1.29, 1.82) is 0 Å². The van der Waals surface area contributed by atoms with Gasteiger partial charge in [0.05, 0.1) is 6.04 Å². The van der Waals surface area contributed by atoms with Gasteiger partial charge in [-0.25, -0.2) is 4.79 Å². The molecule has 0 aromatic carbocycles. The van der Waals surface area contributed by atoms with Crippen molar-refractivity contribution in [1.82, 2.24) is 5.32 Å². The number of ether oxygens (including phenoxy) is 1. The van der Waals surface area contributed by atoms with Crippen molar-refractivity contribution in [2.45, 2.75) is 45.3 Å². The number of carbonyl (C=O) groups is 1. The average molecular weight is 197 g/mol. The highest BCUT2D eigenvalue weighted by atomic mass is 16.6. The number of alkyl carbamates (subject to hydrolysis) is 1. The highest BCUT2D eigenvalue weighted by molar-refractivity contribution is 5.68. The fraction of sp³-hybridized carbons (Fsp3) is 0.727. The molecule has 80 valence electrons. The van der Waals surface area contributed by atoms with E-state index >= 15 is 0 Å². The Morgan fingerprint density at radius 3 is 2.50 bits per heavy atom. The molecule has 0 spiro atoms. The van der Waals surface area contributed by atoms with E-state index in [1.54, 1.807) is 6.08 Å². The molecule has 1 rings (SSSR count). The molecule has 1 atom stereocenters. The molecule has 1 amide bonds. The number of hydrogen-bond acceptors (Lipinski definition) is 2. The van der Waals surface area contributed by atoms with Crippen molar-refractivity contribution in [3.63, 3.8) is 0 Å². The first kappa shape index (κ1) is 11.1. The second kappa shape index (κ2) is 4.03. The van der Waals surface area contributed by atoms with E-state index in [1.807, 2.05) is 20.8 Å². The van der Waals surface area contributed by atoms with Crippen LogP contribution in [0.2, 0.25) is 0 Å². The van der Waals surface area contributed by atoms with Crippen molar-refractivity contribution < 1.29 is 9.53 Å². The first-order chi connectivity index (χ1) is 6.42. The lowest BCUT2D eigenvalue weighted by atomic mass is 10.2. The third-order valence-electron chi connectivity index (χ3n) is 2.07. The van der Waals surface area contributed by atoms with Crippen molar-refractivity contribution in [2.24, 2.45) is 5.92 Å². The maximum absolute atomic E-state index is 11.4. The third-order valence-corrected chi connectivity index (χ3v) is 2.07. The van der Waals surface area contributed by atoms with E-state index < -0.39 is 5.60 Å². The van der Waals surface area contributed by atoms with Gasteiger partial charge in [-0.15, -0.1) is 6.58 Å². The number of amides is 1. The van der Waals surface area contributed by atoms with Gasteiger partial charge in [-0.05, 0) is 39.5 Å². The van der Waals surface area contributed by atoms with Gasteiger partial charge in [-0.3, -0.25) is 0 Å². The number of rotatable bonds is 3. The zero-order valence-corrected chi connectivity index (χ0v) is 9.17. The van der Waals surface area contributed by atoms with Gasteiger partial charge in [0.2, 0.25) is 0 Å². The molecule has 1 saturated carbocycles. The molecule has 14 heavy (non-hydrogen) atoms. The van der Waals surface area contributed by atoms with E-state index in [4.69, 9.17) is 4.74 Å². The molecule has 0 aromatic rings. The SMILES string of the molecule is C=C[C@@H](NC(=O)OC(C)(C)C)C1CC1. The maximum atomic E-state index is 11.4. The van der Waals surface area contributed by atoms with Crippen LogP contribution in [0.3, 0.4) is 0 Å². The summed E-state index contributed by atoms with van der Waals surface area (Å²) < 4.78 is 5.15. The Morgan fingerprint density at radius 2 is 2.14 bits per heavy atom. The standard InChI is InChI=1S/C11H19NO2/c1-5-9(8-6-7-8)12-10(13)14-11(2,3)4/h5,8-9H,1,6-7H2,2-4H3,(H,12,13)/t9-/m1/s1. The largest absolute Gasteiger partial charge is 0.444 e. The van der Waals surface area contributed by atoms with Gasteiger partial charge in [0.15, 0.2) is 0 Å². The highest BCUT2D eigenvalue weighted by Gasteiger charge is 2.31. The second-order valence-corrected chi connectivity index (χ2v) is 4.75. The minimum absolute atomic E-state index is 0.0739. The van der Waals surface area contributed by atoms with E-state index in [0.717, 1.165) is 0 Å². The Hall–Kier alpha value is -0.990. The minimum Gasteiger partial charge on any atom is -0.444 e. The van der Waals surface area contributed by atoms with Crippen LogP contribution >= 0.6 is 0 Å². The van der Waals surface area contributed by atoms with Gasteiger partial charge in [-0.2, -0.15) is 0 Å². The fourth-order valence-electron chi connectivity index (χ4n) is 1.27. The molecule has 3 nitrogen and oxygen atoms in total. The predicted octanol–water partition coefficient (Wildman–Crippen LogP) is 2.48. The van der Waals surface area contributed by atoms with Crippen LogP contribution in [0.1, 0.15) is 33.6 Å². The van der Waals surface area contributed by atoms with Gasteiger partial charge in [0, 0.05) is 0 Å². The molecule has 1 aliphatic rings. The maximum Gasteiger partial charge on any atom is 0.408 e. The monoisotopic (exact) mass is 197 g/mol. The van der Waals surface area contributed by atoms with Gasteiger partial charge in [0.1, 0.15) is 5.60 Å². The van der Waals surface area contributed by atoms with Crippen LogP contribution in [0.15, 0.2) is 12.7 Å². The Bertz CT molecular complexity index is 226. The topological polar surface area (TPSA) is 38.3 Å². The smallest absolute Gasteiger partial charge is 0.408 e. The first-order valence-corrected chi connectivity index (χ1v) is 5.04. The van der Waals surface area contributed by atoms with Crippen LogP contribution in [0.5, 0.6) is 0 Å². The summed E-state index contributed by atoms with van der Waals surface area (Å²) in [6.07, 6.45) is 3.77. The molecular formula is C11H19NO2. The fourth-order valence-corrected chi connectivity index (χ4v) is 1.27. The second-order valence-electron chi connectivity index (χ2n) is 4.75. The number of carbonyl (C=O) groups excluding carboxylic acids is 1. The summed E-state index contributed by atoms with van der Waals surface area (Å²) in [5.41, 5.74) is -0.431. The Morgan fingerprint density at radius 1 is 1.57 bits per heavy atom. The molecule has 0 bridgehead atoms. The van der Waals surface area contributed by atoms with Crippen molar-refractivity contribution in [3.8, 4) is 0 Å². The first-order valence-electron chi connectivity index (χ1n) is 5.04. The average Bonchev–Trinajstić information content (AvgIpc) is 2.78. The van der Waals surface area contributed by atoms with Crippen LogP contribution in [-0.4, -0.2) is 17.7 Å². The molecule has 0 aliphatic heterocycles. The van der Waals surface area contributed by atoms with E-state index in [-0.39, 0.29) is 12.1 Å². The molecule has 1 aliphatic carbocycles. The Balaban J connectivity index is 2.34. The summed E-state index contributed by atoms with van der Waals surface area (Å²) in [6, 6.07) is 0.0739. The highest BCUT2D eigenvalue weighted by Crippen LogP contribution is 2.33. The summed E-state index contributed by atoms with van der Waals surface area (Å²) >= 11 is 0. The number of hydrogen-bond donors (Lipinski definition) is 1. The zero-order chi connectivity index (χ0) is 10.8. The summed E-state index contributed by atoms with van der Waals surface area (Å²) in [4.78, 5) is 11.4. The predicted molar refractivity (Wildman–Crippen MR) is 56.1 cm³/mol. The van der Waals surface area contributed by atoms with E-state index in [9.17, 15) is 4.79 Å². The van der Waals surface area contributed by atoms with Crippen molar-refractivity contribution in [2.75, 3.05) is 0 Å². The zero-order valence-electron chi connectivity index (χ0n) is 9.17. The Kier molecular flexibility index (Phi) is 3.19. The summed E-state index contributed by atoms with van der Waals surface area (Å²) in [5, 5.41) is 2.81. The lowest BCUT2D eigenvalue weighted by molar-refractivity contribution is 0.0509. The molecule has 1 fully saturated rings. The summed E-state index contributed by atoms with van der Waals surface area (Å²) in [6.45, 7) is 9.26. The van der Waals surface area contributed by atoms with E-state index in [0.29, 0.717) is 5.92 Å². The molecule has 3 heteroatoms. The number of nitrogens with one attached hydrogen (secondary N) is 1. The Labute approximate surface area is 85.5 Å². The molecule has 0 unspecified atom stereocenters.